The number of carbonyl (C=O) groups excluding carboxylic acids is 1. The summed E-state index contributed by atoms with van der Waals surface area (Å²) < 4.78 is 28.1. The molecule has 1 amide bonds. The van der Waals surface area contributed by atoms with Gasteiger partial charge in [0.05, 0.1) is 4.90 Å². The maximum atomic E-state index is 13.2. The number of carbonyl (C=O) groups is 1. The Bertz CT molecular complexity index is 872. The fraction of sp³-hybridized carbons (Fsp3) is 0.421. The number of nitrogens with one attached hydrogen (secondary N) is 1. The number of anilines is 1. The summed E-state index contributed by atoms with van der Waals surface area (Å²) in [4.78, 5) is 13.1. The third-order valence-electron chi connectivity index (χ3n) is 4.48. The van der Waals surface area contributed by atoms with Crippen LogP contribution >= 0.6 is 11.3 Å². The topological polar surface area (TPSA) is 66.5 Å². The van der Waals surface area contributed by atoms with Crippen molar-refractivity contribution in [1.82, 2.24) is 4.31 Å². The fourth-order valence-electron chi connectivity index (χ4n) is 2.93. The molecule has 3 rings (SSSR count). The van der Waals surface area contributed by atoms with Gasteiger partial charge in [-0.15, -0.1) is 11.3 Å². The number of amides is 1. The van der Waals surface area contributed by atoms with Crippen LogP contribution in [-0.2, 0) is 21.2 Å². The number of hydrogen-bond donors (Lipinski definition) is 1. The molecule has 1 aromatic heterocycles. The Hall–Kier alpha value is -1.70. The van der Waals surface area contributed by atoms with Gasteiger partial charge in [-0.2, -0.15) is 4.31 Å². The third-order valence-corrected chi connectivity index (χ3v) is 7.53. The van der Waals surface area contributed by atoms with Crippen LogP contribution < -0.4 is 5.32 Å². The second-order valence-electron chi connectivity index (χ2n) is 6.56. The van der Waals surface area contributed by atoms with Crippen LogP contribution in [0, 0.1) is 6.92 Å². The Kier molecular flexibility index (Phi) is 5.79. The van der Waals surface area contributed by atoms with E-state index in [1.54, 1.807) is 47.7 Å². The van der Waals surface area contributed by atoms with Crippen molar-refractivity contribution in [3.63, 3.8) is 0 Å². The molecule has 1 N–H and O–H groups in total. The van der Waals surface area contributed by atoms with Crippen molar-refractivity contribution in [2.45, 2.75) is 50.5 Å². The largest absolute Gasteiger partial charge is 0.326 e. The van der Waals surface area contributed by atoms with Crippen LogP contribution in [0.5, 0.6) is 0 Å². The Morgan fingerprint density at radius 3 is 2.65 bits per heavy atom. The zero-order valence-electron chi connectivity index (χ0n) is 15.1. The zero-order chi connectivity index (χ0) is 18.7. The highest BCUT2D eigenvalue weighted by atomic mass is 32.2. The molecule has 2 aromatic rings. The summed E-state index contributed by atoms with van der Waals surface area (Å²) in [6, 6.07) is 9.14. The van der Waals surface area contributed by atoms with Gasteiger partial charge in [0.15, 0.2) is 0 Å². The normalized spacial score (nSPS) is 14.6. The molecule has 5 nitrogen and oxygen atoms in total. The van der Waals surface area contributed by atoms with Crippen molar-refractivity contribution < 1.29 is 13.2 Å². The zero-order valence-corrected chi connectivity index (χ0v) is 16.7. The van der Waals surface area contributed by atoms with Crippen molar-refractivity contribution in [2.75, 3.05) is 11.9 Å². The maximum absolute atomic E-state index is 13.2. The highest BCUT2D eigenvalue weighted by Gasteiger charge is 2.38. The van der Waals surface area contributed by atoms with Gasteiger partial charge in [0.1, 0.15) is 0 Å². The van der Waals surface area contributed by atoms with E-state index in [4.69, 9.17) is 0 Å². The molecule has 0 unspecified atom stereocenters. The van der Waals surface area contributed by atoms with E-state index in [0.29, 0.717) is 29.1 Å². The van der Waals surface area contributed by atoms with E-state index in [9.17, 15) is 13.2 Å². The van der Waals surface area contributed by atoms with Crippen LogP contribution in [0.1, 0.15) is 36.6 Å². The van der Waals surface area contributed by atoms with E-state index in [0.717, 1.165) is 19.3 Å². The molecule has 1 saturated carbocycles. The highest BCUT2D eigenvalue weighted by molar-refractivity contribution is 7.89. The molecule has 0 saturated heterocycles. The lowest BCUT2D eigenvalue weighted by Gasteiger charge is -2.23. The van der Waals surface area contributed by atoms with Gasteiger partial charge in [-0.3, -0.25) is 4.79 Å². The van der Waals surface area contributed by atoms with Crippen LogP contribution in [0.25, 0.3) is 0 Å². The van der Waals surface area contributed by atoms with Gasteiger partial charge in [-0.05, 0) is 61.4 Å². The van der Waals surface area contributed by atoms with E-state index in [2.05, 4.69) is 5.32 Å². The lowest BCUT2D eigenvalue weighted by Crippen LogP contribution is -2.35. The van der Waals surface area contributed by atoms with Crippen LogP contribution in [-0.4, -0.2) is 31.2 Å². The number of rotatable bonds is 8. The van der Waals surface area contributed by atoms with Crippen molar-refractivity contribution in [3.05, 3.63) is 46.2 Å². The quantitative estimate of drug-likeness (QED) is 0.743. The van der Waals surface area contributed by atoms with Gasteiger partial charge in [-0.1, -0.05) is 13.0 Å². The summed E-state index contributed by atoms with van der Waals surface area (Å²) in [5.41, 5.74) is 1.28. The van der Waals surface area contributed by atoms with E-state index in [1.165, 1.54) is 4.88 Å². The SMILES string of the molecule is CCC(=O)Nc1ccc(S(=O)(=O)N(CCc2cccs2)C2CC2)c(C)c1. The van der Waals surface area contributed by atoms with E-state index >= 15 is 0 Å². The summed E-state index contributed by atoms with van der Waals surface area (Å²) >= 11 is 1.65. The minimum atomic E-state index is -3.55. The fourth-order valence-corrected chi connectivity index (χ4v) is 5.52. The van der Waals surface area contributed by atoms with Crippen molar-refractivity contribution in [3.8, 4) is 0 Å². The van der Waals surface area contributed by atoms with Crippen LogP contribution in [0.15, 0.2) is 40.6 Å². The molecule has 1 heterocycles. The molecule has 0 radical (unpaired) electrons. The number of aryl methyl sites for hydroxylation is 1. The smallest absolute Gasteiger partial charge is 0.243 e. The molecule has 0 atom stereocenters. The minimum Gasteiger partial charge on any atom is -0.326 e. The Balaban J connectivity index is 1.81. The average molecular weight is 393 g/mol. The lowest BCUT2D eigenvalue weighted by molar-refractivity contribution is -0.115. The summed E-state index contributed by atoms with van der Waals surface area (Å²) in [5, 5.41) is 4.79. The molecule has 0 spiro atoms. The van der Waals surface area contributed by atoms with Crippen LogP contribution in [0.4, 0.5) is 5.69 Å². The first-order valence-corrected chi connectivity index (χ1v) is 11.2. The number of nitrogens with zero attached hydrogens (tertiary/aromatic N) is 1. The van der Waals surface area contributed by atoms with Gasteiger partial charge in [-0.25, -0.2) is 8.42 Å². The first kappa shape index (κ1) is 19.1. The molecule has 0 aliphatic heterocycles. The third kappa shape index (κ3) is 4.34. The van der Waals surface area contributed by atoms with Gasteiger partial charge in [0.25, 0.3) is 0 Å². The van der Waals surface area contributed by atoms with E-state index < -0.39 is 10.0 Å². The van der Waals surface area contributed by atoms with E-state index in [1.807, 2.05) is 17.5 Å². The molecule has 140 valence electrons. The van der Waals surface area contributed by atoms with Crippen LogP contribution in [0.2, 0.25) is 0 Å². The lowest BCUT2D eigenvalue weighted by atomic mass is 10.2. The number of sulfonamides is 1. The molecule has 26 heavy (non-hydrogen) atoms. The van der Waals surface area contributed by atoms with E-state index in [-0.39, 0.29) is 11.9 Å². The van der Waals surface area contributed by atoms with Gasteiger partial charge in [0.2, 0.25) is 15.9 Å². The number of benzene rings is 1. The summed E-state index contributed by atoms with van der Waals surface area (Å²) in [6.07, 6.45) is 2.97. The highest BCUT2D eigenvalue weighted by Crippen LogP contribution is 2.34. The van der Waals surface area contributed by atoms with Crippen molar-refractivity contribution >= 4 is 33.0 Å². The number of hydrogen-bond acceptors (Lipinski definition) is 4. The monoisotopic (exact) mass is 392 g/mol. The van der Waals surface area contributed by atoms with Gasteiger partial charge in [0, 0.05) is 29.6 Å². The molecule has 1 aromatic carbocycles. The van der Waals surface area contributed by atoms with Crippen molar-refractivity contribution in [1.29, 1.82) is 0 Å². The average Bonchev–Trinajstić information content (AvgIpc) is 3.29. The summed E-state index contributed by atoms with van der Waals surface area (Å²) in [7, 11) is -3.55. The molecule has 1 fully saturated rings. The molecule has 7 heteroatoms. The standard InChI is InChI=1S/C19H24N2O3S2/c1-3-19(22)20-15-6-9-18(14(2)13-15)26(23,24)21(16-7-8-16)11-10-17-5-4-12-25-17/h4-6,9,12-13,16H,3,7-8,10-11H2,1-2H3,(H,20,22). The summed E-state index contributed by atoms with van der Waals surface area (Å²) in [6.45, 7) is 4.06. The molecule has 0 bridgehead atoms. The molecular formula is C19H24N2O3S2. The predicted molar refractivity (Wildman–Crippen MR) is 105 cm³/mol. The molecule has 1 aliphatic rings. The second kappa shape index (κ2) is 7.90. The van der Waals surface area contributed by atoms with Crippen LogP contribution in [0.3, 0.4) is 0 Å². The second-order valence-corrected chi connectivity index (χ2v) is 9.45. The Morgan fingerprint density at radius 2 is 2.08 bits per heavy atom. The molecule has 1 aliphatic carbocycles. The number of thiophene rings is 1. The molecular weight excluding hydrogens is 368 g/mol. The minimum absolute atomic E-state index is 0.0874. The van der Waals surface area contributed by atoms with Gasteiger partial charge < -0.3 is 5.32 Å². The van der Waals surface area contributed by atoms with Gasteiger partial charge >= 0.3 is 0 Å². The van der Waals surface area contributed by atoms with Crippen molar-refractivity contribution in [2.24, 2.45) is 0 Å². The Morgan fingerprint density at radius 1 is 1.31 bits per heavy atom. The first-order valence-electron chi connectivity index (χ1n) is 8.86. The first-order chi connectivity index (χ1) is 12.4. The maximum Gasteiger partial charge on any atom is 0.243 e. The Labute approximate surface area is 159 Å². The summed E-state index contributed by atoms with van der Waals surface area (Å²) in [5.74, 6) is -0.0874. The predicted octanol–water partition coefficient (Wildman–Crippen LogP) is 3.80.